The number of nitrogens with two attached hydrogens (primary N) is 1. The summed E-state index contributed by atoms with van der Waals surface area (Å²) in [4.78, 5) is 23.1. The Morgan fingerprint density at radius 3 is 2.44 bits per heavy atom. The first-order chi connectivity index (χ1) is 8.32. The summed E-state index contributed by atoms with van der Waals surface area (Å²) in [5.41, 5.74) is 5.62. The largest absolute Gasteiger partial charge is 0.368 e. The van der Waals surface area contributed by atoms with E-state index in [-0.39, 0.29) is 11.8 Å². The fraction of sp³-hybridized carbons (Fsp3) is 0.333. The van der Waals surface area contributed by atoms with Crippen LogP contribution in [0, 0.1) is 5.92 Å². The molecule has 0 heterocycles. The molecule has 1 rings (SSSR count). The Morgan fingerprint density at radius 2 is 2.00 bits per heavy atom. The van der Waals surface area contributed by atoms with Gasteiger partial charge in [-0.05, 0) is 40.0 Å². The van der Waals surface area contributed by atoms with Gasteiger partial charge in [-0.1, -0.05) is 25.4 Å². The molecule has 1 aromatic carbocycles. The second-order valence-corrected chi connectivity index (χ2v) is 5.49. The number of primary amides is 1. The van der Waals surface area contributed by atoms with Gasteiger partial charge < -0.3 is 11.1 Å². The highest BCUT2D eigenvalue weighted by Crippen LogP contribution is 2.23. The van der Waals surface area contributed by atoms with Crippen LogP contribution in [0.5, 0.6) is 0 Å². The minimum atomic E-state index is -0.695. The van der Waals surface area contributed by atoms with Gasteiger partial charge in [0.2, 0.25) is 5.91 Å². The summed E-state index contributed by atoms with van der Waals surface area (Å²) in [6, 6.07) is 4.12. The zero-order chi connectivity index (χ0) is 13.9. The molecule has 98 valence electrons. The Bertz CT molecular complexity index is 477. The number of rotatable bonds is 4. The van der Waals surface area contributed by atoms with Crippen LogP contribution in [0.25, 0.3) is 0 Å². The maximum atomic E-state index is 11.9. The van der Waals surface area contributed by atoms with Crippen LogP contribution >= 0.6 is 27.5 Å². The van der Waals surface area contributed by atoms with Crippen molar-refractivity contribution in [2.45, 2.75) is 19.9 Å². The Kier molecular flexibility index (Phi) is 5.16. The molecule has 3 N–H and O–H groups in total. The molecule has 1 aromatic rings. The van der Waals surface area contributed by atoms with Gasteiger partial charge in [0.05, 0.1) is 5.02 Å². The zero-order valence-electron chi connectivity index (χ0n) is 10.0. The molecule has 0 saturated heterocycles. The van der Waals surface area contributed by atoms with Crippen LogP contribution in [0.15, 0.2) is 22.7 Å². The quantitative estimate of drug-likeness (QED) is 0.887. The number of hydrogen-bond acceptors (Lipinski definition) is 2. The van der Waals surface area contributed by atoms with Gasteiger partial charge >= 0.3 is 0 Å². The lowest BCUT2D eigenvalue weighted by molar-refractivity contribution is -0.120. The summed E-state index contributed by atoms with van der Waals surface area (Å²) in [6.07, 6.45) is 0. The van der Waals surface area contributed by atoms with Gasteiger partial charge in [-0.15, -0.1) is 0 Å². The molecular formula is C12H14BrClN2O2. The third-order valence-corrected chi connectivity index (χ3v) is 3.67. The van der Waals surface area contributed by atoms with Crippen LogP contribution in [-0.4, -0.2) is 17.9 Å². The van der Waals surface area contributed by atoms with Crippen LogP contribution in [0.4, 0.5) is 0 Å². The van der Waals surface area contributed by atoms with E-state index in [1.165, 1.54) is 6.07 Å². The predicted octanol–water partition coefficient (Wildman–Crippen LogP) is 2.34. The Labute approximate surface area is 119 Å². The Balaban J connectivity index is 2.87. The molecule has 0 bridgehead atoms. The zero-order valence-corrected chi connectivity index (χ0v) is 12.4. The van der Waals surface area contributed by atoms with Gasteiger partial charge in [0.1, 0.15) is 6.04 Å². The molecule has 0 radical (unpaired) electrons. The Morgan fingerprint density at radius 1 is 1.39 bits per heavy atom. The van der Waals surface area contributed by atoms with E-state index in [9.17, 15) is 9.59 Å². The molecule has 0 fully saturated rings. The monoisotopic (exact) mass is 332 g/mol. The van der Waals surface area contributed by atoms with Crippen molar-refractivity contribution in [3.8, 4) is 0 Å². The minimum absolute atomic E-state index is 0.0719. The summed E-state index contributed by atoms with van der Waals surface area (Å²) in [6.45, 7) is 3.62. The highest BCUT2D eigenvalue weighted by molar-refractivity contribution is 9.10. The molecule has 0 saturated carbocycles. The molecule has 0 aliphatic carbocycles. The lowest BCUT2D eigenvalue weighted by atomic mass is 10.0. The van der Waals surface area contributed by atoms with Crippen molar-refractivity contribution < 1.29 is 9.59 Å². The summed E-state index contributed by atoms with van der Waals surface area (Å²) in [7, 11) is 0. The van der Waals surface area contributed by atoms with Gasteiger partial charge in [-0.2, -0.15) is 0 Å². The van der Waals surface area contributed by atoms with E-state index in [4.69, 9.17) is 17.3 Å². The first kappa shape index (κ1) is 15.0. The minimum Gasteiger partial charge on any atom is -0.368 e. The summed E-state index contributed by atoms with van der Waals surface area (Å²) < 4.78 is 0.705. The third kappa shape index (κ3) is 3.71. The lowest BCUT2D eigenvalue weighted by Gasteiger charge is -2.19. The van der Waals surface area contributed by atoms with E-state index >= 15 is 0 Å². The maximum absolute atomic E-state index is 11.9. The van der Waals surface area contributed by atoms with E-state index in [0.717, 1.165) is 0 Å². The third-order valence-electron chi connectivity index (χ3n) is 2.44. The highest BCUT2D eigenvalue weighted by atomic mass is 79.9. The molecule has 2 amide bonds. The van der Waals surface area contributed by atoms with E-state index in [1.54, 1.807) is 12.1 Å². The van der Waals surface area contributed by atoms with Crippen molar-refractivity contribution in [2.24, 2.45) is 11.7 Å². The van der Waals surface area contributed by atoms with Crippen LogP contribution in [0.1, 0.15) is 24.2 Å². The standard InChI is InChI=1S/C12H14BrClN2O2/c1-6(2)10(11(15)17)16-12(18)7-3-4-8(13)9(14)5-7/h3-6,10H,1-2H3,(H2,15,17)(H,16,18). The van der Waals surface area contributed by atoms with E-state index in [0.29, 0.717) is 15.1 Å². The van der Waals surface area contributed by atoms with Crippen molar-refractivity contribution in [3.63, 3.8) is 0 Å². The van der Waals surface area contributed by atoms with Crippen molar-refractivity contribution in [3.05, 3.63) is 33.3 Å². The van der Waals surface area contributed by atoms with Crippen LogP contribution in [0.2, 0.25) is 5.02 Å². The van der Waals surface area contributed by atoms with Crippen molar-refractivity contribution in [1.82, 2.24) is 5.32 Å². The summed E-state index contributed by atoms with van der Waals surface area (Å²) in [5.74, 6) is -0.999. The summed E-state index contributed by atoms with van der Waals surface area (Å²) >= 11 is 9.14. The fourth-order valence-corrected chi connectivity index (χ4v) is 1.86. The van der Waals surface area contributed by atoms with E-state index in [2.05, 4.69) is 21.2 Å². The number of carbonyl (C=O) groups is 2. The molecule has 18 heavy (non-hydrogen) atoms. The lowest BCUT2D eigenvalue weighted by Crippen LogP contribution is -2.47. The molecule has 1 unspecified atom stereocenters. The number of halogens is 2. The first-order valence-corrected chi connectivity index (χ1v) is 6.55. The maximum Gasteiger partial charge on any atom is 0.251 e. The molecule has 0 aliphatic heterocycles. The van der Waals surface area contributed by atoms with Crippen LogP contribution < -0.4 is 11.1 Å². The SMILES string of the molecule is CC(C)C(NC(=O)c1ccc(Br)c(Cl)c1)C(N)=O. The summed E-state index contributed by atoms with van der Waals surface area (Å²) in [5, 5.41) is 3.02. The van der Waals surface area contributed by atoms with Gasteiger partial charge in [-0.3, -0.25) is 9.59 Å². The van der Waals surface area contributed by atoms with E-state index < -0.39 is 11.9 Å². The first-order valence-electron chi connectivity index (χ1n) is 5.38. The smallest absolute Gasteiger partial charge is 0.251 e. The number of carbonyl (C=O) groups excluding carboxylic acids is 2. The molecule has 0 aliphatic rings. The molecule has 4 nitrogen and oxygen atoms in total. The van der Waals surface area contributed by atoms with Crippen LogP contribution in [0.3, 0.4) is 0 Å². The predicted molar refractivity (Wildman–Crippen MR) is 74.4 cm³/mol. The van der Waals surface area contributed by atoms with Gasteiger partial charge in [-0.25, -0.2) is 0 Å². The highest BCUT2D eigenvalue weighted by Gasteiger charge is 2.22. The Hall–Kier alpha value is -1.07. The van der Waals surface area contributed by atoms with Crippen molar-refractivity contribution >= 4 is 39.3 Å². The topological polar surface area (TPSA) is 72.2 Å². The van der Waals surface area contributed by atoms with Crippen LogP contribution in [-0.2, 0) is 4.79 Å². The average molecular weight is 334 g/mol. The number of amides is 2. The molecule has 0 spiro atoms. The number of benzene rings is 1. The second-order valence-electron chi connectivity index (χ2n) is 4.23. The van der Waals surface area contributed by atoms with E-state index in [1.807, 2.05) is 13.8 Å². The van der Waals surface area contributed by atoms with Crippen molar-refractivity contribution in [2.75, 3.05) is 0 Å². The molecular weight excluding hydrogens is 320 g/mol. The van der Waals surface area contributed by atoms with Gasteiger partial charge in [0.15, 0.2) is 0 Å². The van der Waals surface area contributed by atoms with Gasteiger partial charge in [0, 0.05) is 10.0 Å². The number of nitrogens with one attached hydrogen (secondary N) is 1. The molecule has 6 heteroatoms. The molecule has 1 atom stereocenters. The number of hydrogen-bond donors (Lipinski definition) is 2. The fourth-order valence-electron chi connectivity index (χ4n) is 1.43. The van der Waals surface area contributed by atoms with Gasteiger partial charge in [0.25, 0.3) is 5.91 Å². The molecule has 0 aromatic heterocycles. The van der Waals surface area contributed by atoms with Crippen molar-refractivity contribution in [1.29, 1.82) is 0 Å². The average Bonchev–Trinajstić information content (AvgIpc) is 2.28. The second kappa shape index (κ2) is 6.20. The normalized spacial score (nSPS) is 12.3.